The van der Waals surface area contributed by atoms with Gasteiger partial charge in [0.05, 0.1) is 6.10 Å². The Bertz CT molecular complexity index is 124. The quantitative estimate of drug-likeness (QED) is 0.618. The van der Waals surface area contributed by atoms with Crippen LogP contribution in [0.4, 0.5) is 0 Å². The average molecular weight is 202 g/mol. The van der Waals surface area contributed by atoms with E-state index in [2.05, 4.69) is 31.0 Å². The van der Waals surface area contributed by atoms with Gasteiger partial charge in [-0.05, 0) is 39.9 Å². The zero-order valence-corrected chi connectivity index (χ0v) is 10.1. The Morgan fingerprint density at radius 1 is 1.21 bits per heavy atom. The fourth-order valence-corrected chi connectivity index (χ4v) is 1.47. The van der Waals surface area contributed by atoms with Crippen molar-refractivity contribution in [2.45, 2.75) is 46.3 Å². The van der Waals surface area contributed by atoms with Crippen LogP contribution < -0.4 is 5.32 Å². The SMILES string of the molecule is CCN(CC)CC(C)NCCC(C)O. The molecule has 0 aromatic rings. The second-order valence-corrected chi connectivity index (χ2v) is 3.98. The normalized spacial score (nSPS) is 15.9. The van der Waals surface area contributed by atoms with Gasteiger partial charge in [-0.3, -0.25) is 0 Å². The molecule has 0 aliphatic heterocycles. The highest BCUT2D eigenvalue weighted by molar-refractivity contribution is 4.66. The molecule has 0 bridgehead atoms. The average Bonchev–Trinajstić information content (AvgIpc) is 2.13. The molecule has 0 aromatic carbocycles. The molecular weight excluding hydrogens is 176 g/mol. The van der Waals surface area contributed by atoms with E-state index in [4.69, 9.17) is 5.11 Å². The van der Waals surface area contributed by atoms with Gasteiger partial charge in [0.15, 0.2) is 0 Å². The maximum atomic E-state index is 9.09. The van der Waals surface area contributed by atoms with Gasteiger partial charge in [0, 0.05) is 12.6 Å². The summed E-state index contributed by atoms with van der Waals surface area (Å²) in [6.45, 7) is 12.6. The third kappa shape index (κ3) is 7.30. The van der Waals surface area contributed by atoms with Crippen molar-refractivity contribution in [3.05, 3.63) is 0 Å². The maximum Gasteiger partial charge on any atom is 0.0524 e. The number of rotatable bonds is 8. The second-order valence-electron chi connectivity index (χ2n) is 3.98. The van der Waals surface area contributed by atoms with Crippen LogP contribution in [-0.4, -0.2) is 48.3 Å². The lowest BCUT2D eigenvalue weighted by atomic mass is 10.2. The molecular formula is C11H26N2O. The fourth-order valence-electron chi connectivity index (χ4n) is 1.47. The fraction of sp³-hybridized carbons (Fsp3) is 1.00. The number of nitrogens with one attached hydrogen (secondary N) is 1. The summed E-state index contributed by atoms with van der Waals surface area (Å²) >= 11 is 0. The van der Waals surface area contributed by atoms with Gasteiger partial charge in [-0.1, -0.05) is 13.8 Å². The highest BCUT2D eigenvalue weighted by Gasteiger charge is 2.06. The van der Waals surface area contributed by atoms with Crippen LogP contribution in [0, 0.1) is 0 Å². The highest BCUT2D eigenvalue weighted by atomic mass is 16.3. The summed E-state index contributed by atoms with van der Waals surface area (Å²) < 4.78 is 0. The first-order valence-corrected chi connectivity index (χ1v) is 5.73. The zero-order valence-electron chi connectivity index (χ0n) is 10.1. The summed E-state index contributed by atoms with van der Waals surface area (Å²) in [5.41, 5.74) is 0. The van der Waals surface area contributed by atoms with Crippen molar-refractivity contribution in [1.29, 1.82) is 0 Å². The molecule has 0 saturated carbocycles. The zero-order chi connectivity index (χ0) is 11.0. The van der Waals surface area contributed by atoms with Crippen LogP contribution in [0.25, 0.3) is 0 Å². The Morgan fingerprint density at radius 3 is 2.21 bits per heavy atom. The maximum absolute atomic E-state index is 9.09. The Morgan fingerprint density at radius 2 is 1.79 bits per heavy atom. The molecule has 0 fully saturated rings. The minimum atomic E-state index is -0.192. The van der Waals surface area contributed by atoms with Gasteiger partial charge in [-0.25, -0.2) is 0 Å². The third-order valence-electron chi connectivity index (χ3n) is 2.48. The first-order valence-electron chi connectivity index (χ1n) is 5.73. The molecule has 0 aliphatic carbocycles. The van der Waals surface area contributed by atoms with Crippen molar-refractivity contribution < 1.29 is 5.11 Å². The van der Waals surface area contributed by atoms with E-state index < -0.39 is 0 Å². The van der Waals surface area contributed by atoms with Crippen molar-refractivity contribution in [3.8, 4) is 0 Å². The lowest BCUT2D eigenvalue weighted by molar-refractivity contribution is 0.180. The van der Waals surface area contributed by atoms with Crippen LogP contribution in [0.1, 0.15) is 34.1 Å². The summed E-state index contributed by atoms with van der Waals surface area (Å²) in [7, 11) is 0. The van der Waals surface area contributed by atoms with Crippen molar-refractivity contribution in [3.63, 3.8) is 0 Å². The summed E-state index contributed by atoms with van der Waals surface area (Å²) in [5, 5.41) is 12.5. The predicted octanol–water partition coefficient (Wildman–Crippen LogP) is 1.08. The van der Waals surface area contributed by atoms with E-state index >= 15 is 0 Å². The molecule has 86 valence electrons. The molecule has 0 aromatic heterocycles. The Hall–Kier alpha value is -0.120. The molecule has 3 heteroatoms. The van der Waals surface area contributed by atoms with E-state index in [0.29, 0.717) is 6.04 Å². The van der Waals surface area contributed by atoms with Crippen molar-refractivity contribution in [2.75, 3.05) is 26.2 Å². The number of likely N-dealkylation sites (N-methyl/N-ethyl adjacent to an activating group) is 1. The molecule has 0 saturated heterocycles. The first-order chi connectivity index (χ1) is 6.60. The predicted molar refractivity (Wildman–Crippen MR) is 61.6 cm³/mol. The molecule has 0 amide bonds. The van der Waals surface area contributed by atoms with Gasteiger partial charge in [0.1, 0.15) is 0 Å². The van der Waals surface area contributed by atoms with Crippen LogP contribution in [0.15, 0.2) is 0 Å². The van der Waals surface area contributed by atoms with E-state index in [1.165, 1.54) is 0 Å². The molecule has 0 spiro atoms. The lowest BCUT2D eigenvalue weighted by Gasteiger charge is -2.23. The number of aliphatic hydroxyl groups is 1. The van der Waals surface area contributed by atoms with Crippen molar-refractivity contribution >= 4 is 0 Å². The number of hydrogen-bond acceptors (Lipinski definition) is 3. The van der Waals surface area contributed by atoms with E-state index in [1.807, 2.05) is 6.92 Å². The third-order valence-corrected chi connectivity index (χ3v) is 2.48. The first kappa shape index (κ1) is 13.9. The largest absolute Gasteiger partial charge is 0.393 e. The van der Waals surface area contributed by atoms with Crippen LogP contribution >= 0.6 is 0 Å². The van der Waals surface area contributed by atoms with Crippen LogP contribution in [-0.2, 0) is 0 Å². The van der Waals surface area contributed by atoms with Crippen molar-refractivity contribution in [1.82, 2.24) is 10.2 Å². The molecule has 0 heterocycles. The molecule has 2 atom stereocenters. The molecule has 0 aliphatic rings. The van der Waals surface area contributed by atoms with E-state index in [-0.39, 0.29) is 6.10 Å². The standard InChI is InChI=1S/C11H26N2O/c1-5-13(6-2)9-10(3)12-8-7-11(4)14/h10-12,14H,5-9H2,1-4H3. The number of hydrogen-bond donors (Lipinski definition) is 2. The van der Waals surface area contributed by atoms with Gasteiger partial charge in [0.2, 0.25) is 0 Å². The van der Waals surface area contributed by atoms with Crippen LogP contribution in [0.3, 0.4) is 0 Å². The molecule has 14 heavy (non-hydrogen) atoms. The molecule has 2 N–H and O–H groups in total. The lowest BCUT2D eigenvalue weighted by Crippen LogP contribution is -2.39. The molecule has 2 unspecified atom stereocenters. The molecule has 0 radical (unpaired) electrons. The summed E-state index contributed by atoms with van der Waals surface area (Å²) in [4.78, 5) is 2.40. The Kier molecular flexibility index (Phi) is 8.14. The van der Waals surface area contributed by atoms with E-state index in [9.17, 15) is 0 Å². The molecule has 0 rings (SSSR count). The number of nitrogens with zero attached hydrogens (tertiary/aromatic N) is 1. The van der Waals surface area contributed by atoms with Crippen LogP contribution in [0.5, 0.6) is 0 Å². The van der Waals surface area contributed by atoms with Gasteiger partial charge < -0.3 is 15.3 Å². The smallest absolute Gasteiger partial charge is 0.0524 e. The van der Waals surface area contributed by atoms with E-state index in [1.54, 1.807) is 0 Å². The minimum absolute atomic E-state index is 0.192. The monoisotopic (exact) mass is 202 g/mol. The topological polar surface area (TPSA) is 35.5 Å². The summed E-state index contributed by atoms with van der Waals surface area (Å²) in [6.07, 6.45) is 0.644. The van der Waals surface area contributed by atoms with Gasteiger partial charge in [-0.2, -0.15) is 0 Å². The van der Waals surface area contributed by atoms with Gasteiger partial charge >= 0.3 is 0 Å². The van der Waals surface area contributed by atoms with E-state index in [0.717, 1.165) is 32.6 Å². The van der Waals surface area contributed by atoms with Gasteiger partial charge in [-0.15, -0.1) is 0 Å². The van der Waals surface area contributed by atoms with Gasteiger partial charge in [0.25, 0.3) is 0 Å². The Labute approximate surface area is 88.5 Å². The summed E-state index contributed by atoms with van der Waals surface area (Å²) in [5.74, 6) is 0. The highest BCUT2D eigenvalue weighted by Crippen LogP contribution is 1.93. The van der Waals surface area contributed by atoms with Crippen LogP contribution in [0.2, 0.25) is 0 Å². The Balaban J connectivity index is 3.48. The number of aliphatic hydroxyl groups excluding tert-OH is 1. The molecule has 3 nitrogen and oxygen atoms in total. The minimum Gasteiger partial charge on any atom is -0.393 e. The summed E-state index contributed by atoms with van der Waals surface area (Å²) in [6, 6.07) is 0.508. The second kappa shape index (κ2) is 8.21. The van der Waals surface area contributed by atoms with Crippen molar-refractivity contribution in [2.24, 2.45) is 0 Å².